The van der Waals surface area contributed by atoms with Crippen molar-refractivity contribution in [3.05, 3.63) is 70.3 Å². The van der Waals surface area contributed by atoms with Gasteiger partial charge in [-0.2, -0.15) is 13.2 Å². The van der Waals surface area contributed by atoms with E-state index in [0.29, 0.717) is 6.54 Å². The van der Waals surface area contributed by atoms with Crippen LogP contribution in [0.1, 0.15) is 51.9 Å². The quantitative estimate of drug-likeness (QED) is 0.603. The van der Waals surface area contributed by atoms with E-state index in [0.717, 1.165) is 31.4 Å². The highest BCUT2D eigenvalue weighted by molar-refractivity contribution is 5.96. The summed E-state index contributed by atoms with van der Waals surface area (Å²) in [6.07, 6.45) is -1.79. The number of amides is 2. The Morgan fingerprint density at radius 1 is 1.03 bits per heavy atom. The first-order valence-corrected chi connectivity index (χ1v) is 10.7. The van der Waals surface area contributed by atoms with Crippen LogP contribution in [0, 0.1) is 13.8 Å². The number of aryl methyl sites for hydroxylation is 2. The number of nitrogens with one attached hydrogen (secondary N) is 3. The van der Waals surface area contributed by atoms with Crippen LogP contribution < -0.4 is 16.0 Å². The summed E-state index contributed by atoms with van der Waals surface area (Å²) in [5.41, 5.74) is 2.60. The van der Waals surface area contributed by atoms with Gasteiger partial charge in [0.1, 0.15) is 0 Å². The number of carbonyl (C=O) groups is 2. The van der Waals surface area contributed by atoms with Crippen molar-refractivity contribution in [2.75, 3.05) is 6.54 Å². The fourth-order valence-electron chi connectivity index (χ4n) is 4.02. The Labute approximate surface area is 185 Å². The third-order valence-electron chi connectivity index (χ3n) is 5.78. The van der Waals surface area contributed by atoms with Crippen LogP contribution in [0.3, 0.4) is 0 Å². The first-order valence-electron chi connectivity index (χ1n) is 10.7. The molecule has 0 aromatic heterocycles. The fourth-order valence-corrected chi connectivity index (χ4v) is 4.02. The minimum Gasteiger partial charge on any atom is -0.350 e. The van der Waals surface area contributed by atoms with Crippen molar-refractivity contribution < 1.29 is 22.8 Å². The summed E-state index contributed by atoms with van der Waals surface area (Å²) in [4.78, 5) is 24.5. The molecule has 0 saturated heterocycles. The van der Waals surface area contributed by atoms with E-state index in [1.165, 1.54) is 28.8 Å². The lowest BCUT2D eigenvalue weighted by atomic mass is 10.0. The molecular weight excluding hydrogens is 419 g/mol. The Balaban J connectivity index is 1.49. The summed E-state index contributed by atoms with van der Waals surface area (Å²) in [6.45, 7) is 4.54. The van der Waals surface area contributed by atoms with Crippen molar-refractivity contribution in [2.24, 2.45) is 0 Å². The largest absolute Gasteiger partial charge is 0.416 e. The van der Waals surface area contributed by atoms with E-state index in [9.17, 15) is 22.8 Å². The summed E-state index contributed by atoms with van der Waals surface area (Å²) in [7, 11) is 0. The summed E-state index contributed by atoms with van der Waals surface area (Å²) < 4.78 is 38.5. The lowest BCUT2D eigenvalue weighted by Gasteiger charge is -2.23. The van der Waals surface area contributed by atoms with Crippen LogP contribution in [-0.4, -0.2) is 30.4 Å². The molecule has 2 amide bonds. The number of carbonyl (C=O) groups excluding carboxylic acids is 2. The monoisotopic (exact) mass is 447 g/mol. The molecule has 2 atom stereocenters. The number of hydrogen-bond acceptors (Lipinski definition) is 3. The standard InChI is InChI=1S/C24H28F3N3O2/c1-15-9-10-18(16(2)11-15)13-28-20-7-4-8-21(20)30-22(31)14-29-23(32)17-5-3-6-19(12-17)24(25,26)27/h3,5-6,9-12,20-21,28H,4,7-8,13-14H2,1-2H3,(H,29,32)(H,30,31)/t20-,21+/m1/s1. The van der Waals surface area contributed by atoms with Gasteiger partial charge in [-0.1, -0.05) is 29.8 Å². The number of benzene rings is 2. The zero-order valence-corrected chi connectivity index (χ0v) is 18.2. The van der Waals surface area contributed by atoms with Gasteiger partial charge in [0.05, 0.1) is 12.1 Å². The summed E-state index contributed by atoms with van der Waals surface area (Å²) in [5.74, 6) is -1.09. The molecule has 172 valence electrons. The molecule has 2 aromatic carbocycles. The smallest absolute Gasteiger partial charge is 0.350 e. The molecule has 1 fully saturated rings. The topological polar surface area (TPSA) is 70.2 Å². The van der Waals surface area contributed by atoms with E-state index < -0.39 is 17.6 Å². The minimum absolute atomic E-state index is 0.0567. The molecule has 0 aliphatic heterocycles. The maximum absolute atomic E-state index is 12.8. The lowest BCUT2D eigenvalue weighted by molar-refractivity contribution is -0.137. The van der Waals surface area contributed by atoms with E-state index >= 15 is 0 Å². The molecule has 0 unspecified atom stereocenters. The lowest BCUT2D eigenvalue weighted by Crippen LogP contribution is -2.49. The second-order valence-corrected chi connectivity index (χ2v) is 8.28. The van der Waals surface area contributed by atoms with Crippen molar-refractivity contribution in [3.8, 4) is 0 Å². The first-order chi connectivity index (χ1) is 15.1. The second-order valence-electron chi connectivity index (χ2n) is 8.28. The molecule has 2 aromatic rings. The molecular formula is C24H28F3N3O2. The van der Waals surface area contributed by atoms with Crippen molar-refractivity contribution in [3.63, 3.8) is 0 Å². The zero-order chi connectivity index (χ0) is 23.3. The molecule has 0 bridgehead atoms. The van der Waals surface area contributed by atoms with Crippen LogP contribution in [0.4, 0.5) is 13.2 Å². The molecule has 3 N–H and O–H groups in total. The van der Waals surface area contributed by atoms with Crippen LogP contribution >= 0.6 is 0 Å². The molecule has 5 nitrogen and oxygen atoms in total. The summed E-state index contributed by atoms with van der Waals surface area (Å²) in [6, 6.07) is 10.5. The van der Waals surface area contributed by atoms with Crippen LogP contribution in [0.2, 0.25) is 0 Å². The molecule has 0 radical (unpaired) electrons. The SMILES string of the molecule is Cc1ccc(CN[C@@H]2CCC[C@@H]2NC(=O)CNC(=O)c2cccc(C(F)(F)F)c2)c(C)c1. The second kappa shape index (κ2) is 10.2. The van der Waals surface area contributed by atoms with E-state index in [-0.39, 0.29) is 30.1 Å². The zero-order valence-electron chi connectivity index (χ0n) is 18.2. The van der Waals surface area contributed by atoms with Gasteiger partial charge >= 0.3 is 6.18 Å². The van der Waals surface area contributed by atoms with Crippen LogP contribution in [-0.2, 0) is 17.5 Å². The molecule has 0 heterocycles. The summed E-state index contributed by atoms with van der Waals surface area (Å²) >= 11 is 0. The number of halogens is 3. The molecule has 32 heavy (non-hydrogen) atoms. The van der Waals surface area contributed by atoms with Gasteiger partial charge in [-0.25, -0.2) is 0 Å². The van der Waals surface area contributed by atoms with Gasteiger partial charge in [-0.3, -0.25) is 9.59 Å². The molecule has 3 rings (SSSR count). The van der Waals surface area contributed by atoms with Crippen molar-refractivity contribution in [2.45, 2.75) is 57.9 Å². The van der Waals surface area contributed by atoms with E-state index in [2.05, 4.69) is 48.0 Å². The first kappa shape index (κ1) is 23.8. The number of rotatable bonds is 7. The van der Waals surface area contributed by atoms with Gasteiger partial charge in [-0.15, -0.1) is 0 Å². The van der Waals surface area contributed by atoms with Gasteiger partial charge < -0.3 is 16.0 Å². The molecule has 8 heteroatoms. The van der Waals surface area contributed by atoms with Gasteiger partial charge in [-0.05, 0) is 62.4 Å². The van der Waals surface area contributed by atoms with Gasteiger partial charge in [0.2, 0.25) is 5.91 Å². The summed E-state index contributed by atoms with van der Waals surface area (Å²) in [5, 5.41) is 8.85. The third-order valence-corrected chi connectivity index (χ3v) is 5.78. The molecule has 1 saturated carbocycles. The third kappa shape index (κ3) is 6.32. The minimum atomic E-state index is -4.53. The van der Waals surface area contributed by atoms with E-state index in [1.54, 1.807) is 0 Å². The van der Waals surface area contributed by atoms with Crippen LogP contribution in [0.15, 0.2) is 42.5 Å². The van der Waals surface area contributed by atoms with E-state index in [1.807, 2.05) is 0 Å². The predicted molar refractivity (Wildman–Crippen MR) is 116 cm³/mol. The Morgan fingerprint density at radius 3 is 2.50 bits per heavy atom. The predicted octanol–water partition coefficient (Wildman–Crippen LogP) is 3.88. The molecule has 0 spiro atoms. The van der Waals surface area contributed by atoms with Crippen molar-refractivity contribution >= 4 is 11.8 Å². The number of alkyl halides is 3. The average molecular weight is 448 g/mol. The Kier molecular flexibility index (Phi) is 7.56. The van der Waals surface area contributed by atoms with Crippen molar-refractivity contribution in [1.82, 2.24) is 16.0 Å². The van der Waals surface area contributed by atoms with Crippen LogP contribution in [0.25, 0.3) is 0 Å². The Morgan fingerprint density at radius 2 is 1.78 bits per heavy atom. The Hall–Kier alpha value is -2.87. The highest BCUT2D eigenvalue weighted by atomic mass is 19.4. The molecule has 1 aliphatic rings. The van der Waals surface area contributed by atoms with Gasteiger partial charge in [0, 0.05) is 24.2 Å². The average Bonchev–Trinajstić information content (AvgIpc) is 3.17. The van der Waals surface area contributed by atoms with Crippen LogP contribution in [0.5, 0.6) is 0 Å². The normalized spacial score (nSPS) is 18.4. The number of hydrogen-bond donors (Lipinski definition) is 3. The maximum atomic E-state index is 12.8. The van der Waals surface area contributed by atoms with E-state index in [4.69, 9.17) is 0 Å². The highest BCUT2D eigenvalue weighted by Crippen LogP contribution is 2.29. The Bertz CT molecular complexity index is 975. The van der Waals surface area contributed by atoms with Crippen molar-refractivity contribution in [1.29, 1.82) is 0 Å². The fraction of sp³-hybridized carbons (Fsp3) is 0.417. The maximum Gasteiger partial charge on any atom is 0.416 e. The molecule has 1 aliphatic carbocycles. The highest BCUT2D eigenvalue weighted by Gasteiger charge is 2.31. The van der Waals surface area contributed by atoms with Gasteiger partial charge in [0.15, 0.2) is 0 Å². The van der Waals surface area contributed by atoms with Gasteiger partial charge in [0.25, 0.3) is 5.91 Å².